The summed E-state index contributed by atoms with van der Waals surface area (Å²) in [7, 11) is 0. The van der Waals surface area contributed by atoms with E-state index in [-0.39, 0.29) is 11.7 Å². The van der Waals surface area contributed by atoms with Gasteiger partial charge in [-0.05, 0) is 48.2 Å². The SMILES string of the molecule is Cc1cccc(C(C)C)c1NC(=O)CSc1nnc(-c2ccc(Cl)cc2)o1. The second kappa shape index (κ2) is 8.59. The molecule has 1 heterocycles. The van der Waals surface area contributed by atoms with Crippen molar-refractivity contribution >= 4 is 35.0 Å². The number of anilines is 1. The Kier molecular flexibility index (Phi) is 6.19. The highest BCUT2D eigenvalue weighted by Crippen LogP contribution is 2.28. The number of hydrogen-bond acceptors (Lipinski definition) is 5. The molecule has 0 fully saturated rings. The maximum atomic E-state index is 12.4. The van der Waals surface area contributed by atoms with Gasteiger partial charge >= 0.3 is 0 Å². The molecule has 0 unspecified atom stereocenters. The van der Waals surface area contributed by atoms with Gasteiger partial charge in [0.15, 0.2) is 0 Å². The summed E-state index contributed by atoms with van der Waals surface area (Å²) in [5.41, 5.74) is 3.83. The van der Waals surface area contributed by atoms with Crippen molar-refractivity contribution in [3.63, 3.8) is 0 Å². The van der Waals surface area contributed by atoms with Gasteiger partial charge in [0.25, 0.3) is 5.22 Å². The van der Waals surface area contributed by atoms with Gasteiger partial charge in [0.05, 0.1) is 5.75 Å². The van der Waals surface area contributed by atoms with Gasteiger partial charge in [-0.3, -0.25) is 4.79 Å². The van der Waals surface area contributed by atoms with Crippen LogP contribution < -0.4 is 5.32 Å². The number of halogens is 1. The molecule has 0 spiro atoms. The molecule has 5 nitrogen and oxygen atoms in total. The third kappa shape index (κ3) is 4.90. The van der Waals surface area contributed by atoms with E-state index in [0.717, 1.165) is 22.4 Å². The summed E-state index contributed by atoms with van der Waals surface area (Å²) < 4.78 is 5.61. The lowest BCUT2D eigenvalue weighted by Gasteiger charge is -2.16. The number of amides is 1. The Hall–Kier alpha value is -2.31. The number of aromatic nitrogens is 2. The molecule has 3 aromatic rings. The maximum absolute atomic E-state index is 12.4. The average Bonchev–Trinajstić information content (AvgIpc) is 3.11. The van der Waals surface area contributed by atoms with Gasteiger partial charge < -0.3 is 9.73 Å². The van der Waals surface area contributed by atoms with Crippen molar-refractivity contribution in [3.8, 4) is 11.5 Å². The summed E-state index contributed by atoms with van der Waals surface area (Å²) in [5.74, 6) is 0.803. The number of aryl methyl sites for hydroxylation is 1. The number of carbonyl (C=O) groups is 1. The smallest absolute Gasteiger partial charge is 0.277 e. The fourth-order valence-electron chi connectivity index (χ4n) is 2.62. The van der Waals surface area contributed by atoms with Gasteiger partial charge in [-0.1, -0.05) is 55.4 Å². The Balaban J connectivity index is 1.63. The first-order valence-corrected chi connectivity index (χ1v) is 9.92. The molecule has 27 heavy (non-hydrogen) atoms. The summed E-state index contributed by atoms with van der Waals surface area (Å²) in [5, 5.41) is 12.0. The number of rotatable bonds is 6. The Morgan fingerprint density at radius 1 is 1.19 bits per heavy atom. The van der Waals surface area contributed by atoms with Crippen LogP contribution in [0.4, 0.5) is 5.69 Å². The molecular formula is C20H20ClN3O2S. The monoisotopic (exact) mass is 401 g/mol. The van der Waals surface area contributed by atoms with E-state index >= 15 is 0 Å². The molecule has 1 aromatic heterocycles. The van der Waals surface area contributed by atoms with E-state index in [1.165, 1.54) is 11.8 Å². The first kappa shape index (κ1) is 19.5. The van der Waals surface area contributed by atoms with Crippen molar-refractivity contribution in [2.45, 2.75) is 31.9 Å². The third-order valence-corrected chi connectivity index (χ3v) is 5.09. The van der Waals surface area contributed by atoms with Crippen molar-refractivity contribution in [2.75, 3.05) is 11.1 Å². The van der Waals surface area contributed by atoms with E-state index in [2.05, 4.69) is 29.4 Å². The fourth-order valence-corrected chi connectivity index (χ4v) is 3.31. The zero-order chi connectivity index (χ0) is 19.4. The molecule has 0 bridgehead atoms. The molecule has 1 amide bonds. The van der Waals surface area contributed by atoms with Crippen molar-refractivity contribution in [1.29, 1.82) is 0 Å². The molecule has 140 valence electrons. The van der Waals surface area contributed by atoms with Crippen LogP contribution in [-0.2, 0) is 4.79 Å². The lowest BCUT2D eigenvalue weighted by molar-refractivity contribution is -0.113. The van der Waals surface area contributed by atoms with Crippen LogP contribution in [0.15, 0.2) is 52.1 Å². The van der Waals surface area contributed by atoms with Crippen LogP contribution in [0.5, 0.6) is 0 Å². The van der Waals surface area contributed by atoms with E-state index in [0.29, 0.717) is 22.1 Å². The lowest BCUT2D eigenvalue weighted by Crippen LogP contribution is -2.16. The van der Waals surface area contributed by atoms with Gasteiger partial charge in [0.2, 0.25) is 11.8 Å². The number of para-hydroxylation sites is 1. The molecule has 0 saturated heterocycles. The topological polar surface area (TPSA) is 68.0 Å². The van der Waals surface area contributed by atoms with E-state index < -0.39 is 0 Å². The van der Waals surface area contributed by atoms with Crippen LogP contribution in [-0.4, -0.2) is 21.9 Å². The maximum Gasteiger partial charge on any atom is 0.277 e. The quantitative estimate of drug-likeness (QED) is 0.548. The third-order valence-electron chi connectivity index (χ3n) is 4.02. The second-order valence-corrected chi connectivity index (χ2v) is 7.77. The summed E-state index contributed by atoms with van der Waals surface area (Å²) in [6.07, 6.45) is 0. The molecule has 0 radical (unpaired) electrons. The van der Waals surface area contributed by atoms with Crippen molar-refractivity contribution in [1.82, 2.24) is 10.2 Å². The Bertz CT molecular complexity index is 939. The summed E-state index contributed by atoms with van der Waals surface area (Å²) >= 11 is 7.09. The molecule has 0 aliphatic rings. The van der Waals surface area contributed by atoms with Crippen molar-refractivity contribution in [3.05, 3.63) is 58.6 Å². The summed E-state index contributed by atoms with van der Waals surface area (Å²) in [6, 6.07) is 13.2. The van der Waals surface area contributed by atoms with Crippen LogP contribution in [0.2, 0.25) is 5.02 Å². The summed E-state index contributed by atoms with van der Waals surface area (Å²) in [6.45, 7) is 6.21. The highest BCUT2D eigenvalue weighted by Gasteiger charge is 2.14. The Morgan fingerprint density at radius 2 is 1.93 bits per heavy atom. The molecule has 3 rings (SSSR count). The van der Waals surface area contributed by atoms with Crippen molar-refractivity contribution < 1.29 is 9.21 Å². The molecule has 0 atom stereocenters. The second-order valence-electron chi connectivity index (χ2n) is 6.41. The number of hydrogen-bond donors (Lipinski definition) is 1. The minimum absolute atomic E-state index is 0.109. The normalized spacial score (nSPS) is 11.0. The van der Waals surface area contributed by atoms with Gasteiger partial charge in [0.1, 0.15) is 0 Å². The average molecular weight is 402 g/mol. The van der Waals surface area contributed by atoms with Crippen LogP contribution in [0, 0.1) is 6.92 Å². The highest BCUT2D eigenvalue weighted by molar-refractivity contribution is 7.99. The number of nitrogens with one attached hydrogen (secondary N) is 1. The standard InChI is InChI=1S/C20H20ClN3O2S/c1-12(2)16-6-4-5-13(3)18(16)22-17(25)11-27-20-24-23-19(26-20)14-7-9-15(21)10-8-14/h4-10,12H,11H2,1-3H3,(H,22,25). The van der Waals surface area contributed by atoms with E-state index in [1.54, 1.807) is 12.1 Å². The fraction of sp³-hybridized carbons (Fsp3) is 0.250. The zero-order valence-corrected chi connectivity index (χ0v) is 16.9. The van der Waals surface area contributed by atoms with Crippen LogP contribution in [0.25, 0.3) is 11.5 Å². The van der Waals surface area contributed by atoms with Crippen LogP contribution >= 0.6 is 23.4 Å². The van der Waals surface area contributed by atoms with Gasteiger partial charge in [-0.15, -0.1) is 10.2 Å². The lowest BCUT2D eigenvalue weighted by atomic mass is 9.98. The van der Waals surface area contributed by atoms with Gasteiger partial charge in [-0.25, -0.2) is 0 Å². The van der Waals surface area contributed by atoms with E-state index in [1.807, 2.05) is 37.3 Å². The van der Waals surface area contributed by atoms with Gasteiger partial charge in [-0.2, -0.15) is 0 Å². The van der Waals surface area contributed by atoms with Gasteiger partial charge in [0, 0.05) is 16.3 Å². The number of nitrogens with zero attached hydrogens (tertiary/aromatic N) is 2. The molecule has 0 saturated carbocycles. The van der Waals surface area contributed by atoms with E-state index in [4.69, 9.17) is 16.0 Å². The zero-order valence-electron chi connectivity index (χ0n) is 15.3. The molecule has 0 aliphatic heterocycles. The highest BCUT2D eigenvalue weighted by atomic mass is 35.5. The van der Waals surface area contributed by atoms with Crippen LogP contribution in [0.3, 0.4) is 0 Å². The first-order valence-electron chi connectivity index (χ1n) is 8.55. The predicted octanol–water partition coefficient (Wildman–Crippen LogP) is 5.55. The van der Waals surface area contributed by atoms with Crippen LogP contribution in [0.1, 0.15) is 30.9 Å². The molecule has 7 heteroatoms. The predicted molar refractivity (Wildman–Crippen MR) is 109 cm³/mol. The largest absolute Gasteiger partial charge is 0.411 e. The molecular weight excluding hydrogens is 382 g/mol. The minimum atomic E-state index is -0.109. The number of benzene rings is 2. The Labute approximate surface area is 167 Å². The molecule has 2 aromatic carbocycles. The molecule has 1 N–H and O–H groups in total. The number of thioether (sulfide) groups is 1. The number of carbonyl (C=O) groups excluding carboxylic acids is 1. The van der Waals surface area contributed by atoms with Crippen molar-refractivity contribution in [2.24, 2.45) is 0 Å². The summed E-state index contributed by atoms with van der Waals surface area (Å²) in [4.78, 5) is 12.4. The molecule has 0 aliphatic carbocycles. The van der Waals surface area contributed by atoms with E-state index in [9.17, 15) is 4.79 Å². The Morgan fingerprint density at radius 3 is 2.63 bits per heavy atom. The minimum Gasteiger partial charge on any atom is -0.411 e. The first-order chi connectivity index (χ1) is 12.9.